The summed E-state index contributed by atoms with van der Waals surface area (Å²) < 4.78 is 6.09. The van der Waals surface area contributed by atoms with Gasteiger partial charge in [0.2, 0.25) is 0 Å². The lowest BCUT2D eigenvalue weighted by Crippen LogP contribution is -2.40. The Hall–Kier alpha value is -3.19. The number of benzene rings is 3. The summed E-state index contributed by atoms with van der Waals surface area (Å²) in [4.78, 5) is 11.5. The number of piperidine rings is 1. The second kappa shape index (κ2) is 10.1. The summed E-state index contributed by atoms with van der Waals surface area (Å²) in [6, 6.07) is 23.5. The quantitative estimate of drug-likeness (QED) is 0.274. The molecule has 6 rings (SSSR count). The van der Waals surface area contributed by atoms with E-state index in [0.29, 0.717) is 12.5 Å². The lowest BCUT2D eigenvalue weighted by Gasteiger charge is -2.33. The summed E-state index contributed by atoms with van der Waals surface area (Å²) in [7, 11) is 0. The number of aromatic nitrogens is 2. The van der Waals surface area contributed by atoms with E-state index in [1.165, 1.54) is 21.2 Å². The van der Waals surface area contributed by atoms with Crippen LogP contribution >= 0.6 is 11.3 Å². The first-order chi connectivity index (χ1) is 17.6. The molecular formula is C30H31N3O2S. The van der Waals surface area contributed by atoms with Crippen molar-refractivity contribution < 1.29 is 9.84 Å². The van der Waals surface area contributed by atoms with Crippen LogP contribution in [0, 0.1) is 6.92 Å². The third kappa shape index (κ3) is 4.89. The maximum Gasteiger partial charge on any atom is 0.139 e. The number of nitrogens with one attached hydrogen (secondary N) is 1. The van der Waals surface area contributed by atoms with Gasteiger partial charge < -0.3 is 19.7 Å². The molecule has 2 aromatic heterocycles. The maximum atomic E-state index is 10.7. The summed E-state index contributed by atoms with van der Waals surface area (Å²) in [6.07, 6.45) is 3.60. The van der Waals surface area contributed by atoms with Gasteiger partial charge in [-0.3, -0.25) is 0 Å². The molecule has 0 saturated carbocycles. The highest BCUT2D eigenvalue weighted by molar-refractivity contribution is 7.14. The molecule has 1 saturated heterocycles. The minimum Gasteiger partial charge on any atom is -0.490 e. The van der Waals surface area contributed by atoms with Crippen molar-refractivity contribution >= 4 is 33.0 Å². The average molecular weight is 498 g/mol. The molecule has 3 heterocycles. The molecule has 0 radical (unpaired) electrons. The van der Waals surface area contributed by atoms with Crippen molar-refractivity contribution in [3.8, 4) is 16.5 Å². The van der Waals surface area contributed by atoms with Crippen molar-refractivity contribution in [3.63, 3.8) is 0 Å². The fourth-order valence-electron chi connectivity index (χ4n) is 5.30. The first kappa shape index (κ1) is 23.2. The molecule has 5 nitrogen and oxygen atoms in total. The van der Waals surface area contributed by atoms with Crippen LogP contribution in [-0.4, -0.2) is 52.3 Å². The van der Waals surface area contributed by atoms with Gasteiger partial charge in [-0.05, 0) is 73.3 Å². The second-order valence-electron chi connectivity index (χ2n) is 9.82. The van der Waals surface area contributed by atoms with E-state index in [4.69, 9.17) is 4.74 Å². The SMILES string of the molecule is Cc1cnc(-c2cc3c(OC[C@H](O)CN4CCC(c5ccc6ccccc6c5)CC4)cccc3[nH]2)s1. The molecule has 0 unspecified atom stereocenters. The third-order valence-electron chi connectivity index (χ3n) is 7.21. The van der Waals surface area contributed by atoms with Gasteiger partial charge in [-0.15, -0.1) is 11.3 Å². The van der Waals surface area contributed by atoms with Crippen LogP contribution in [0.15, 0.2) is 72.9 Å². The first-order valence-corrected chi connectivity index (χ1v) is 13.5. The number of likely N-dealkylation sites (tertiary alicyclic amines) is 1. The number of hydrogen-bond donors (Lipinski definition) is 2. The molecule has 1 fully saturated rings. The fraction of sp³-hybridized carbons (Fsp3) is 0.300. The number of aryl methyl sites for hydroxylation is 1. The highest BCUT2D eigenvalue weighted by Gasteiger charge is 2.23. The van der Waals surface area contributed by atoms with Gasteiger partial charge in [0.15, 0.2) is 0 Å². The Morgan fingerprint density at radius 1 is 1.06 bits per heavy atom. The molecule has 3 aromatic carbocycles. The van der Waals surface area contributed by atoms with Gasteiger partial charge in [-0.2, -0.15) is 0 Å². The molecule has 184 valence electrons. The van der Waals surface area contributed by atoms with Crippen LogP contribution in [0.3, 0.4) is 0 Å². The van der Waals surface area contributed by atoms with Crippen LogP contribution in [0.25, 0.3) is 32.4 Å². The van der Waals surface area contributed by atoms with E-state index in [0.717, 1.165) is 53.3 Å². The van der Waals surface area contributed by atoms with Gasteiger partial charge in [-0.25, -0.2) is 4.98 Å². The standard InChI is InChI=1S/C30H31N3O2S/c1-20-17-31-30(36-20)28-16-26-27(32-28)7-4-8-29(26)35-19-25(34)18-33-13-11-22(12-14-33)24-10-9-21-5-2-3-6-23(21)15-24/h2-10,15-17,22,25,32,34H,11-14,18-19H2,1H3/t25-/m1/s1. The van der Waals surface area contributed by atoms with Crippen molar-refractivity contribution in [3.05, 3.63) is 83.4 Å². The highest BCUT2D eigenvalue weighted by atomic mass is 32.1. The second-order valence-corrected chi connectivity index (χ2v) is 11.1. The molecule has 1 aliphatic rings. The minimum atomic E-state index is -0.530. The zero-order valence-electron chi connectivity index (χ0n) is 20.5. The molecular weight excluding hydrogens is 466 g/mol. The van der Waals surface area contributed by atoms with Crippen LogP contribution in [0.2, 0.25) is 0 Å². The van der Waals surface area contributed by atoms with Gasteiger partial charge in [0.1, 0.15) is 23.5 Å². The summed E-state index contributed by atoms with van der Waals surface area (Å²) in [5, 5.41) is 15.3. The predicted octanol–water partition coefficient (Wildman–Crippen LogP) is 6.37. The van der Waals surface area contributed by atoms with Crippen molar-refractivity contribution in [2.75, 3.05) is 26.2 Å². The zero-order chi connectivity index (χ0) is 24.5. The number of β-amino-alcohol motifs (C(OH)–C–C–N with tert-alkyl or cyclic N) is 1. The van der Waals surface area contributed by atoms with Crippen molar-refractivity contribution in [1.82, 2.24) is 14.9 Å². The van der Waals surface area contributed by atoms with Gasteiger partial charge in [-0.1, -0.05) is 48.5 Å². The van der Waals surface area contributed by atoms with E-state index >= 15 is 0 Å². The number of aliphatic hydroxyl groups excluding tert-OH is 1. The molecule has 5 aromatic rings. The Kier molecular flexibility index (Phi) is 6.48. The molecule has 0 spiro atoms. The van der Waals surface area contributed by atoms with Gasteiger partial charge in [0.25, 0.3) is 0 Å². The van der Waals surface area contributed by atoms with Crippen LogP contribution in [0.1, 0.15) is 29.2 Å². The molecule has 0 amide bonds. The molecule has 36 heavy (non-hydrogen) atoms. The number of ether oxygens (including phenoxy) is 1. The number of aliphatic hydroxyl groups is 1. The summed E-state index contributed by atoms with van der Waals surface area (Å²) in [6.45, 7) is 4.97. The minimum absolute atomic E-state index is 0.278. The normalized spacial score (nSPS) is 16.1. The molecule has 0 aliphatic carbocycles. The lowest BCUT2D eigenvalue weighted by molar-refractivity contribution is 0.0599. The molecule has 6 heteroatoms. The Balaban J connectivity index is 1.04. The topological polar surface area (TPSA) is 61.4 Å². The summed E-state index contributed by atoms with van der Waals surface area (Å²) in [5.74, 6) is 1.37. The number of nitrogens with zero attached hydrogens (tertiary/aromatic N) is 2. The predicted molar refractivity (Wildman–Crippen MR) is 148 cm³/mol. The average Bonchev–Trinajstić information content (AvgIpc) is 3.54. The molecule has 1 aliphatic heterocycles. The Bertz CT molecular complexity index is 1480. The van der Waals surface area contributed by atoms with Crippen LogP contribution in [-0.2, 0) is 0 Å². The largest absolute Gasteiger partial charge is 0.490 e. The molecule has 2 N–H and O–H groups in total. The number of rotatable bonds is 7. The number of fused-ring (bicyclic) bond motifs is 2. The lowest BCUT2D eigenvalue weighted by atomic mass is 9.88. The van der Waals surface area contributed by atoms with E-state index in [-0.39, 0.29) is 6.61 Å². The fourth-order valence-corrected chi connectivity index (χ4v) is 6.03. The summed E-state index contributed by atoms with van der Waals surface area (Å²) >= 11 is 1.67. The highest BCUT2D eigenvalue weighted by Crippen LogP contribution is 2.33. The molecule has 1 atom stereocenters. The maximum absolute atomic E-state index is 10.7. The van der Waals surface area contributed by atoms with E-state index in [2.05, 4.69) is 70.3 Å². The zero-order valence-corrected chi connectivity index (χ0v) is 21.3. The van der Waals surface area contributed by atoms with Gasteiger partial charge in [0.05, 0.1) is 5.69 Å². The molecule has 0 bridgehead atoms. The number of thiazole rings is 1. The van der Waals surface area contributed by atoms with Gasteiger partial charge >= 0.3 is 0 Å². The van der Waals surface area contributed by atoms with E-state index in [1.807, 2.05) is 24.4 Å². The monoisotopic (exact) mass is 497 g/mol. The Morgan fingerprint density at radius 2 is 1.89 bits per heavy atom. The van der Waals surface area contributed by atoms with Crippen molar-refractivity contribution in [1.29, 1.82) is 0 Å². The first-order valence-electron chi connectivity index (χ1n) is 12.7. The van der Waals surface area contributed by atoms with E-state index in [1.54, 1.807) is 11.3 Å². The number of H-pyrrole nitrogens is 1. The van der Waals surface area contributed by atoms with Crippen molar-refractivity contribution in [2.45, 2.75) is 31.8 Å². The van der Waals surface area contributed by atoms with E-state index in [9.17, 15) is 5.11 Å². The van der Waals surface area contributed by atoms with Crippen molar-refractivity contribution in [2.24, 2.45) is 0 Å². The summed E-state index contributed by atoms with van der Waals surface area (Å²) in [5.41, 5.74) is 3.44. The Morgan fingerprint density at radius 3 is 2.69 bits per heavy atom. The number of hydrogen-bond acceptors (Lipinski definition) is 5. The third-order valence-corrected chi connectivity index (χ3v) is 8.15. The smallest absolute Gasteiger partial charge is 0.139 e. The number of aromatic amines is 1. The van der Waals surface area contributed by atoms with Crippen LogP contribution in [0.4, 0.5) is 0 Å². The van der Waals surface area contributed by atoms with Crippen LogP contribution in [0.5, 0.6) is 5.75 Å². The van der Waals surface area contributed by atoms with E-state index < -0.39 is 6.10 Å². The van der Waals surface area contributed by atoms with Crippen LogP contribution < -0.4 is 4.74 Å². The Labute approximate surface area is 215 Å². The van der Waals surface area contributed by atoms with Gasteiger partial charge in [0, 0.05) is 28.5 Å².